The minimum absolute atomic E-state index is 0.107. The van der Waals surface area contributed by atoms with Crippen molar-refractivity contribution in [3.8, 4) is 0 Å². The van der Waals surface area contributed by atoms with Gasteiger partial charge in [-0.15, -0.1) is 0 Å². The standard InChI is InChI=1S/C21H16FN5O/c22-13-5-3-4-12(10-13)21(28)25-14-8-9-16(23)15(11-14)19(24)20-26-17-6-1-2-7-18(17)27-20/h1-11,24H,23H2,(H,25,28)(H,26,27). The summed E-state index contributed by atoms with van der Waals surface area (Å²) in [6.07, 6.45) is 0. The predicted octanol–water partition coefficient (Wildman–Crippen LogP) is 3.95. The number of halogens is 1. The van der Waals surface area contributed by atoms with Crippen molar-refractivity contribution in [1.29, 1.82) is 5.41 Å². The highest BCUT2D eigenvalue weighted by atomic mass is 19.1. The first-order valence-corrected chi connectivity index (χ1v) is 8.52. The van der Waals surface area contributed by atoms with E-state index in [-0.39, 0.29) is 11.3 Å². The van der Waals surface area contributed by atoms with E-state index >= 15 is 0 Å². The van der Waals surface area contributed by atoms with E-state index in [4.69, 9.17) is 11.1 Å². The van der Waals surface area contributed by atoms with E-state index in [9.17, 15) is 9.18 Å². The number of rotatable bonds is 4. The van der Waals surface area contributed by atoms with Gasteiger partial charge in [0, 0.05) is 22.5 Å². The van der Waals surface area contributed by atoms with Gasteiger partial charge in [-0.1, -0.05) is 18.2 Å². The van der Waals surface area contributed by atoms with Gasteiger partial charge in [0.15, 0.2) is 5.82 Å². The molecule has 138 valence electrons. The molecule has 3 aromatic carbocycles. The summed E-state index contributed by atoms with van der Waals surface area (Å²) in [7, 11) is 0. The van der Waals surface area contributed by atoms with Crippen LogP contribution in [0.5, 0.6) is 0 Å². The van der Waals surface area contributed by atoms with Crippen molar-refractivity contribution in [2.75, 3.05) is 11.1 Å². The maximum atomic E-state index is 13.3. The second-order valence-corrected chi connectivity index (χ2v) is 6.24. The highest BCUT2D eigenvalue weighted by Gasteiger charge is 2.15. The zero-order valence-electron chi connectivity index (χ0n) is 14.7. The molecule has 0 aliphatic rings. The summed E-state index contributed by atoms with van der Waals surface area (Å²) in [5.41, 5.74) is 9.16. The number of aromatic amines is 1. The molecule has 0 fully saturated rings. The molecule has 0 aliphatic carbocycles. The maximum Gasteiger partial charge on any atom is 0.255 e. The fraction of sp³-hybridized carbons (Fsp3) is 0. The fourth-order valence-corrected chi connectivity index (χ4v) is 2.88. The third kappa shape index (κ3) is 3.33. The zero-order valence-corrected chi connectivity index (χ0v) is 14.7. The molecule has 0 spiro atoms. The van der Waals surface area contributed by atoms with Gasteiger partial charge in [0.05, 0.1) is 11.0 Å². The van der Waals surface area contributed by atoms with Gasteiger partial charge in [-0.05, 0) is 48.5 Å². The zero-order chi connectivity index (χ0) is 19.7. The molecule has 1 aromatic heterocycles. The lowest BCUT2D eigenvalue weighted by molar-refractivity contribution is 0.102. The number of aromatic nitrogens is 2. The van der Waals surface area contributed by atoms with E-state index in [1.54, 1.807) is 18.2 Å². The molecule has 4 aromatic rings. The first kappa shape index (κ1) is 17.4. The van der Waals surface area contributed by atoms with Crippen LogP contribution in [0.4, 0.5) is 15.8 Å². The maximum absolute atomic E-state index is 13.3. The number of nitrogens with two attached hydrogens (primary N) is 1. The summed E-state index contributed by atoms with van der Waals surface area (Å²) in [6.45, 7) is 0. The minimum atomic E-state index is -0.489. The molecule has 1 amide bonds. The Morgan fingerprint density at radius 3 is 2.68 bits per heavy atom. The number of fused-ring (bicyclic) bond motifs is 1. The first-order valence-electron chi connectivity index (χ1n) is 8.52. The van der Waals surface area contributed by atoms with Gasteiger partial charge < -0.3 is 16.0 Å². The van der Waals surface area contributed by atoms with Gasteiger partial charge in [-0.2, -0.15) is 0 Å². The number of nitrogens with zero attached hydrogens (tertiary/aromatic N) is 1. The molecular formula is C21H16FN5O. The van der Waals surface area contributed by atoms with Crippen molar-refractivity contribution in [2.24, 2.45) is 0 Å². The van der Waals surface area contributed by atoms with Crippen LogP contribution in [0.1, 0.15) is 21.7 Å². The Morgan fingerprint density at radius 1 is 1.07 bits per heavy atom. The van der Waals surface area contributed by atoms with Crippen molar-refractivity contribution >= 4 is 34.0 Å². The van der Waals surface area contributed by atoms with Crippen molar-refractivity contribution in [1.82, 2.24) is 9.97 Å². The minimum Gasteiger partial charge on any atom is -0.398 e. The molecule has 5 N–H and O–H groups in total. The Kier molecular flexibility index (Phi) is 4.33. The van der Waals surface area contributed by atoms with Crippen LogP contribution in [0, 0.1) is 11.2 Å². The Morgan fingerprint density at radius 2 is 1.89 bits per heavy atom. The van der Waals surface area contributed by atoms with Crippen LogP contribution in [0.25, 0.3) is 11.0 Å². The lowest BCUT2D eigenvalue weighted by Gasteiger charge is -2.10. The van der Waals surface area contributed by atoms with E-state index in [1.165, 1.54) is 18.2 Å². The Bertz CT molecular complexity index is 1180. The molecule has 0 unspecified atom stereocenters. The van der Waals surface area contributed by atoms with Crippen LogP contribution in [0.2, 0.25) is 0 Å². The molecular weight excluding hydrogens is 357 g/mol. The molecule has 0 radical (unpaired) electrons. The number of nitrogens with one attached hydrogen (secondary N) is 3. The number of nitrogen functional groups attached to an aromatic ring is 1. The summed E-state index contributed by atoms with van der Waals surface area (Å²) < 4.78 is 13.3. The van der Waals surface area contributed by atoms with Crippen LogP contribution in [0.15, 0.2) is 66.7 Å². The van der Waals surface area contributed by atoms with E-state index in [1.807, 2.05) is 24.3 Å². The fourth-order valence-electron chi connectivity index (χ4n) is 2.88. The molecule has 0 bridgehead atoms. The molecule has 1 heterocycles. The van der Waals surface area contributed by atoms with Crippen molar-refractivity contribution < 1.29 is 9.18 Å². The van der Waals surface area contributed by atoms with Gasteiger partial charge in [0.25, 0.3) is 5.91 Å². The lowest BCUT2D eigenvalue weighted by Crippen LogP contribution is -2.14. The van der Waals surface area contributed by atoms with Crippen molar-refractivity contribution in [3.63, 3.8) is 0 Å². The third-order valence-electron chi connectivity index (χ3n) is 4.29. The SMILES string of the molecule is N=C(c1nc2ccccc2[nH]1)c1cc(NC(=O)c2cccc(F)c2)ccc1N. The molecule has 0 atom stereocenters. The number of amides is 1. The second kappa shape index (κ2) is 6.96. The summed E-state index contributed by atoms with van der Waals surface area (Å²) >= 11 is 0. The van der Waals surface area contributed by atoms with Crippen LogP contribution >= 0.6 is 0 Å². The molecule has 4 rings (SSSR count). The average molecular weight is 373 g/mol. The largest absolute Gasteiger partial charge is 0.398 e. The number of H-pyrrole nitrogens is 1. The molecule has 6 nitrogen and oxygen atoms in total. The quantitative estimate of drug-likeness (QED) is 0.321. The number of carbonyl (C=O) groups is 1. The average Bonchev–Trinajstić information content (AvgIpc) is 3.13. The molecule has 28 heavy (non-hydrogen) atoms. The van der Waals surface area contributed by atoms with Crippen LogP contribution in [0.3, 0.4) is 0 Å². The van der Waals surface area contributed by atoms with Crippen LogP contribution in [-0.2, 0) is 0 Å². The van der Waals surface area contributed by atoms with Gasteiger partial charge in [-0.25, -0.2) is 9.37 Å². The third-order valence-corrected chi connectivity index (χ3v) is 4.29. The molecule has 0 saturated carbocycles. The van der Waals surface area contributed by atoms with Crippen molar-refractivity contribution in [2.45, 2.75) is 0 Å². The highest BCUT2D eigenvalue weighted by molar-refractivity contribution is 6.14. The topological polar surface area (TPSA) is 108 Å². The molecule has 0 aliphatic heterocycles. The van der Waals surface area contributed by atoms with Crippen LogP contribution < -0.4 is 11.1 Å². The Hall–Kier alpha value is -4.00. The van der Waals surface area contributed by atoms with Gasteiger partial charge >= 0.3 is 0 Å². The van der Waals surface area contributed by atoms with Crippen molar-refractivity contribution in [3.05, 3.63) is 89.5 Å². The number of imidazole rings is 1. The second-order valence-electron chi connectivity index (χ2n) is 6.24. The number of para-hydroxylation sites is 2. The Balaban J connectivity index is 1.63. The van der Waals surface area contributed by atoms with Gasteiger partial charge in [0.1, 0.15) is 11.5 Å². The van der Waals surface area contributed by atoms with E-state index in [2.05, 4.69) is 15.3 Å². The van der Waals surface area contributed by atoms with Gasteiger partial charge in [0.2, 0.25) is 0 Å². The smallest absolute Gasteiger partial charge is 0.255 e. The summed E-state index contributed by atoms with van der Waals surface area (Å²) in [5, 5.41) is 11.2. The normalized spacial score (nSPS) is 10.8. The summed E-state index contributed by atoms with van der Waals surface area (Å²) in [4.78, 5) is 19.8. The van der Waals surface area contributed by atoms with E-state index in [0.717, 1.165) is 17.1 Å². The monoisotopic (exact) mass is 373 g/mol. The van der Waals surface area contributed by atoms with E-state index in [0.29, 0.717) is 22.8 Å². The number of carbonyl (C=O) groups excluding carboxylic acids is 1. The molecule has 0 saturated heterocycles. The van der Waals surface area contributed by atoms with Crippen LogP contribution in [-0.4, -0.2) is 21.6 Å². The van der Waals surface area contributed by atoms with E-state index < -0.39 is 11.7 Å². The Labute approximate surface area is 159 Å². The number of anilines is 2. The van der Waals surface area contributed by atoms with Gasteiger partial charge in [-0.3, -0.25) is 10.2 Å². The number of hydrogen-bond acceptors (Lipinski definition) is 4. The highest BCUT2D eigenvalue weighted by Crippen LogP contribution is 2.22. The number of benzene rings is 3. The number of hydrogen-bond donors (Lipinski definition) is 4. The predicted molar refractivity (Wildman–Crippen MR) is 107 cm³/mol. The molecule has 7 heteroatoms. The summed E-state index contributed by atoms with van der Waals surface area (Å²) in [6, 6.07) is 17.7. The first-order chi connectivity index (χ1) is 13.5. The summed E-state index contributed by atoms with van der Waals surface area (Å²) in [5.74, 6) is -0.565. The lowest BCUT2D eigenvalue weighted by atomic mass is 10.1.